The average Bonchev–Trinajstić information content (AvgIpc) is 0.747. The van der Waals surface area contributed by atoms with Gasteiger partial charge >= 0.3 is 0 Å². The molecule has 10 aliphatic rings. The Kier molecular flexibility index (Phi) is 45.2. The molecule has 146 heavy (non-hydrogen) atoms. The fraction of sp³-hybridized carbons (Fsp3) is 0.890. The summed E-state index contributed by atoms with van der Waals surface area (Å²) < 4.78 is 126. The fourth-order valence-electron chi connectivity index (χ4n) is 18.4. The number of aliphatic hydroxyl groups is 27. The van der Waals surface area contributed by atoms with Gasteiger partial charge in [0.15, 0.2) is 62.9 Å². The van der Waals surface area contributed by atoms with E-state index in [1.54, 1.807) is 0 Å². The number of carbonyl (C=O) groups is 9. The second-order valence-electron chi connectivity index (χ2n) is 36.4. The van der Waals surface area contributed by atoms with Crippen LogP contribution in [-0.4, -0.2) is 595 Å². The molecular weight excluding hydrogens is 1990 g/mol. The third kappa shape index (κ3) is 28.6. The molecule has 10 saturated heterocycles. The number of ether oxygens (including phenoxy) is 20. The second kappa shape index (κ2) is 54.4. The molecule has 0 aliphatic carbocycles. The molecule has 64 nitrogen and oxygen atoms in total. The molecule has 10 aliphatic heterocycles. The Morgan fingerprint density at radius 2 is 0.493 bits per heavy atom. The SMILES string of the molecule is CC(=O)N[C@H]1[C@H](O[C@@H]([C@H](O)[C@H](C=O)NC(C)=O)[C@H](O)CO)O[C@H](CO)[C@@H](O[C@@H]2O[C@H](CO[C@H]3O[C@H](CO[C@@H]4O[C@H](CO)[C@@H](O)[C@H](O)[C@H]4NC(C)=O)[C@@H](O[C@@H]4O[C@H](CO)[C@@H](O)[C@H](O)[C@H]4NC(C)=O)[C@H](O)[C@@H]3O[C@@H]3O[C@H](CO)[C@@H](O)[C@H](O)[C@H]3NC(C)=O)[C@@H](O[C@@H]3O[C@H](CO)[C@@H](O)[C@H](O)[C@H]3NC(C)=O)[C@H](O[C@H]3O[C@H](CO)[C@@H](O[C@@H]4O[C@H](CO)[C@@H](O)[C@H](O)[C@H]4NC(C)=O)[C@H](O)[C@@H]3O[C@@H]3O[C@H](CO)[C@@H](O)[C@H](O)[C@H]3NC(C)=O)[C@@H]2O)[C@@H]1O. The van der Waals surface area contributed by atoms with Gasteiger partial charge < -0.3 is 280 Å². The number of aldehydes is 1. The summed E-state index contributed by atoms with van der Waals surface area (Å²) in [6.45, 7) is -7.01. The zero-order chi connectivity index (χ0) is 108. The predicted octanol–water partition coefficient (Wildman–Crippen LogP) is -24.0. The number of hydrogen-bond donors (Lipinski definition) is 35. The largest absolute Gasteiger partial charge is 0.394 e. The lowest BCUT2D eigenvalue weighted by Gasteiger charge is -2.53. The van der Waals surface area contributed by atoms with E-state index >= 15 is 0 Å². The molecule has 10 fully saturated rings. The standard InChI is InChI=1S/C82H136N8O56/c1-21(101)83-29(9-91)48(110)65(30(109)10-92)139-79-47(90-28(8)108)61(123)66(37(17-99)135-79)142-80-64(126)70(144-82-72(146-78-46(89-27(7)107)60(122)54(116)36(16-98)134-78)62(124)67(38(18-100)136-82)140-74-42(85-23(3)103)56(118)50(112)32(12-94)130-74)69(143-76-44(87-25(5)105)58(120)52(114)34(14-96)132-76)40(137-80)20-128-81-71(145-77-45(88-26(6)106)59(121)53(115)35(15-97)133-77)63(125)68(141-75-43(86-24(4)104)57(119)51(113)33(13-95)131-75)39(138-81)19-127-73-41(84-22(2)102)55(117)49(111)31(11-93)129-73/h9,29-82,92-100,109-126H,10-20H2,1-8H3,(H,83,101)(H,84,102)(H,85,103)(H,86,104)(H,87,105)(H,88,106)(H,89,107)(H,90,108)/t29-,30+,31+,32+,33+,34+,35+,36+,37+,38+,39+,40+,41+,42+,43+,44+,45+,46+,47+,48+,49+,50+,51+,52+,53+,54+,55+,56+,57+,58+,59+,60+,61+,62-,63-,64-,65+,66+,67+,68+,69+,70+,71-,72-,73+,74-,75-,76-,77-,78-,79-,80-,81-,82+/m0/s1. The maximum atomic E-state index is 13.8. The van der Waals surface area contributed by atoms with Crippen LogP contribution in [0.5, 0.6) is 0 Å². The lowest BCUT2D eigenvalue weighted by atomic mass is 9.93. The molecule has 0 aromatic rings. The van der Waals surface area contributed by atoms with Crippen LogP contribution >= 0.6 is 0 Å². The summed E-state index contributed by atoms with van der Waals surface area (Å²) in [6.07, 6.45) is -107. The Morgan fingerprint density at radius 1 is 0.253 bits per heavy atom. The first-order valence-electron chi connectivity index (χ1n) is 46.4. The zero-order valence-corrected chi connectivity index (χ0v) is 79.4. The van der Waals surface area contributed by atoms with Crippen LogP contribution in [0.2, 0.25) is 0 Å². The Hall–Kier alpha value is -6.45. The summed E-state index contributed by atoms with van der Waals surface area (Å²) in [6, 6.07) is -16.3. The summed E-state index contributed by atoms with van der Waals surface area (Å²) in [5.41, 5.74) is 0. The summed E-state index contributed by atoms with van der Waals surface area (Å²) >= 11 is 0. The third-order valence-electron chi connectivity index (χ3n) is 25.7. The molecule has 0 saturated carbocycles. The molecule has 64 heteroatoms. The first-order chi connectivity index (χ1) is 69.0. The average molecular weight is 2130 g/mol. The van der Waals surface area contributed by atoms with Gasteiger partial charge in [-0.2, -0.15) is 0 Å². The van der Waals surface area contributed by atoms with Gasteiger partial charge in [0.05, 0.1) is 72.7 Å². The lowest BCUT2D eigenvalue weighted by molar-refractivity contribution is -0.413. The minimum atomic E-state index is -2.97. The topological polar surface area (TPSA) is 981 Å². The Bertz CT molecular complexity index is 4160. The monoisotopic (exact) mass is 2130 g/mol. The van der Waals surface area contributed by atoms with E-state index in [1.807, 2.05) is 0 Å². The van der Waals surface area contributed by atoms with Crippen LogP contribution in [0, 0.1) is 0 Å². The van der Waals surface area contributed by atoms with Crippen molar-refractivity contribution < 1.29 is 276 Å². The third-order valence-corrected chi connectivity index (χ3v) is 25.7. The fourth-order valence-corrected chi connectivity index (χ4v) is 18.4. The normalized spacial score (nSPS) is 44.2. The van der Waals surface area contributed by atoms with Gasteiger partial charge in [-0.1, -0.05) is 0 Å². The van der Waals surface area contributed by atoms with Gasteiger partial charge in [0.1, 0.15) is 274 Å². The van der Waals surface area contributed by atoms with E-state index in [4.69, 9.17) is 94.7 Å². The Morgan fingerprint density at radius 3 is 0.808 bits per heavy atom. The highest BCUT2D eigenvalue weighted by Gasteiger charge is 2.64. The molecule has 10 rings (SSSR count). The summed E-state index contributed by atoms with van der Waals surface area (Å²) in [7, 11) is 0. The van der Waals surface area contributed by atoms with Crippen LogP contribution in [0.15, 0.2) is 0 Å². The maximum absolute atomic E-state index is 13.8. The molecule has 0 bridgehead atoms. The zero-order valence-electron chi connectivity index (χ0n) is 79.4. The molecule has 35 N–H and O–H groups in total. The van der Waals surface area contributed by atoms with Crippen LogP contribution < -0.4 is 42.5 Å². The van der Waals surface area contributed by atoms with E-state index in [0.717, 1.165) is 55.4 Å². The molecule has 0 unspecified atom stereocenters. The molecular formula is C82H136N8O56. The van der Waals surface area contributed by atoms with Gasteiger partial charge in [0.2, 0.25) is 47.3 Å². The highest BCUT2D eigenvalue weighted by molar-refractivity contribution is 5.78. The maximum Gasteiger partial charge on any atom is 0.217 e. The van der Waals surface area contributed by atoms with Gasteiger partial charge in [0, 0.05) is 55.4 Å². The highest BCUT2D eigenvalue weighted by atomic mass is 16.8. The van der Waals surface area contributed by atoms with Crippen LogP contribution in [-0.2, 0) is 138 Å². The molecule has 8 amide bonds. The lowest BCUT2D eigenvalue weighted by Crippen LogP contribution is -2.72. The van der Waals surface area contributed by atoms with Crippen LogP contribution in [0.25, 0.3) is 0 Å². The molecule has 0 spiro atoms. The van der Waals surface area contributed by atoms with Crippen molar-refractivity contribution in [2.75, 3.05) is 72.7 Å². The van der Waals surface area contributed by atoms with Gasteiger partial charge in [-0.25, -0.2) is 0 Å². The van der Waals surface area contributed by atoms with Gasteiger partial charge in [0.25, 0.3) is 0 Å². The quantitative estimate of drug-likeness (QED) is 0.0252. The van der Waals surface area contributed by atoms with Crippen LogP contribution in [0.1, 0.15) is 55.4 Å². The van der Waals surface area contributed by atoms with Crippen molar-refractivity contribution in [2.24, 2.45) is 0 Å². The number of amides is 8. The molecule has 0 aromatic heterocycles. The molecule has 840 valence electrons. The predicted molar refractivity (Wildman–Crippen MR) is 456 cm³/mol. The van der Waals surface area contributed by atoms with Gasteiger partial charge in [-0.3, -0.25) is 38.4 Å². The van der Waals surface area contributed by atoms with E-state index in [9.17, 15) is 181 Å². The van der Waals surface area contributed by atoms with E-state index in [2.05, 4.69) is 42.5 Å². The van der Waals surface area contributed by atoms with E-state index < -0.39 is 451 Å². The van der Waals surface area contributed by atoms with Crippen LogP contribution in [0.4, 0.5) is 0 Å². The molecule has 10 heterocycles. The number of carbonyl (C=O) groups excluding carboxylic acids is 9. The van der Waals surface area contributed by atoms with E-state index in [-0.39, 0.29) is 6.29 Å². The number of aliphatic hydroxyl groups excluding tert-OH is 27. The van der Waals surface area contributed by atoms with Gasteiger partial charge in [-0.05, 0) is 0 Å². The molecule has 54 atom stereocenters. The van der Waals surface area contributed by atoms with Crippen molar-refractivity contribution >= 4 is 53.5 Å². The Balaban J connectivity index is 1.22. The van der Waals surface area contributed by atoms with Crippen molar-refractivity contribution in [3.05, 3.63) is 0 Å². The van der Waals surface area contributed by atoms with Crippen molar-refractivity contribution in [3.63, 3.8) is 0 Å². The Labute approximate surface area is 828 Å². The minimum absolute atomic E-state index is 0.0272. The first kappa shape index (κ1) is 121. The highest BCUT2D eigenvalue weighted by Crippen LogP contribution is 2.43. The number of nitrogens with one attached hydrogen (secondary N) is 8. The minimum Gasteiger partial charge on any atom is -0.394 e. The summed E-state index contributed by atoms with van der Waals surface area (Å²) in [5.74, 6) is -8.13. The number of hydrogen-bond acceptors (Lipinski definition) is 56. The van der Waals surface area contributed by atoms with Crippen molar-refractivity contribution in [1.82, 2.24) is 42.5 Å². The van der Waals surface area contributed by atoms with Crippen molar-refractivity contribution in [1.29, 1.82) is 0 Å². The molecule has 0 aromatic carbocycles. The van der Waals surface area contributed by atoms with E-state index in [1.165, 1.54) is 0 Å². The summed E-state index contributed by atoms with van der Waals surface area (Å²) in [4.78, 5) is 117. The first-order valence-corrected chi connectivity index (χ1v) is 46.4. The van der Waals surface area contributed by atoms with E-state index in [0.29, 0.717) is 0 Å². The van der Waals surface area contributed by atoms with Gasteiger partial charge in [-0.15, -0.1) is 0 Å². The van der Waals surface area contributed by atoms with Crippen LogP contribution in [0.3, 0.4) is 0 Å². The second-order valence-corrected chi connectivity index (χ2v) is 36.4. The van der Waals surface area contributed by atoms with Crippen molar-refractivity contribution in [2.45, 2.75) is 386 Å². The molecule has 0 radical (unpaired) electrons. The smallest absolute Gasteiger partial charge is 0.217 e. The summed E-state index contributed by atoms with van der Waals surface area (Å²) in [5, 5.41) is 330. The van der Waals surface area contributed by atoms with Crippen molar-refractivity contribution in [3.8, 4) is 0 Å². The number of rotatable bonds is 43.